The van der Waals surface area contributed by atoms with Gasteiger partial charge in [0, 0.05) is 0 Å². The summed E-state index contributed by atoms with van der Waals surface area (Å²) in [5.41, 5.74) is -0.448. The summed E-state index contributed by atoms with van der Waals surface area (Å²) >= 11 is 0. The highest BCUT2D eigenvalue weighted by molar-refractivity contribution is 5.75. The Morgan fingerprint density at radius 2 is 1.69 bits per heavy atom. The van der Waals surface area contributed by atoms with Gasteiger partial charge in [0.05, 0.1) is 5.41 Å². The lowest BCUT2D eigenvalue weighted by atomic mass is 9.78. The highest BCUT2D eigenvalue weighted by atomic mass is 27.0. The molecule has 0 heterocycles. The highest BCUT2D eigenvalue weighted by Gasteiger charge is 2.33. The number of carboxylic acid groups (broad SMARTS) is 1. The molecule has 0 aromatic heterocycles. The average molecular weight is 202 g/mol. The first-order chi connectivity index (χ1) is 5.63. The Bertz CT molecular complexity index is 142. The zero-order chi connectivity index (χ0) is 9.61. The van der Waals surface area contributed by atoms with Gasteiger partial charge in [0.2, 0.25) is 0 Å². The maximum atomic E-state index is 11.0. The molecule has 0 aliphatic rings. The van der Waals surface area contributed by atoms with Gasteiger partial charge in [-0.05, 0) is 19.3 Å². The van der Waals surface area contributed by atoms with Gasteiger partial charge in [0.15, 0.2) is 17.4 Å². The molecule has 0 fully saturated rings. The first-order valence-electron chi connectivity index (χ1n) is 4.86. The van der Waals surface area contributed by atoms with E-state index in [0.717, 1.165) is 32.1 Å². The third-order valence-electron chi connectivity index (χ3n) is 2.82. The fourth-order valence-electron chi connectivity index (χ4n) is 1.53. The summed E-state index contributed by atoms with van der Waals surface area (Å²) in [5.74, 6) is -0.624. The molecule has 0 unspecified atom stereocenters. The van der Waals surface area contributed by atoms with Crippen LogP contribution in [0.4, 0.5) is 0 Å². The zero-order valence-electron chi connectivity index (χ0n) is 8.39. The quantitative estimate of drug-likeness (QED) is 0.668. The highest BCUT2D eigenvalue weighted by Crippen LogP contribution is 2.32. The number of carbonyl (C=O) groups is 1. The van der Waals surface area contributed by atoms with E-state index >= 15 is 0 Å². The van der Waals surface area contributed by atoms with Gasteiger partial charge in [-0.1, -0.05) is 33.6 Å². The van der Waals surface area contributed by atoms with Crippen molar-refractivity contribution >= 4 is 23.3 Å². The van der Waals surface area contributed by atoms with Crippen molar-refractivity contribution in [3.05, 3.63) is 0 Å². The van der Waals surface area contributed by atoms with Gasteiger partial charge in [0.1, 0.15) is 0 Å². The molecule has 0 aliphatic heterocycles. The van der Waals surface area contributed by atoms with Crippen LogP contribution in [-0.4, -0.2) is 28.4 Å². The summed E-state index contributed by atoms with van der Waals surface area (Å²) in [7, 11) is 0. The molecule has 13 heavy (non-hydrogen) atoms. The molecule has 0 saturated carbocycles. The van der Waals surface area contributed by atoms with Crippen LogP contribution in [0.5, 0.6) is 0 Å². The lowest BCUT2D eigenvalue weighted by Gasteiger charge is -2.26. The van der Waals surface area contributed by atoms with Crippen LogP contribution < -0.4 is 0 Å². The molecule has 0 atom stereocenters. The van der Waals surface area contributed by atoms with Crippen LogP contribution in [-0.2, 0) is 4.79 Å². The molecule has 0 spiro atoms. The van der Waals surface area contributed by atoms with Crippen molar-refractivity contribution in [2.45, 2.75) is 52.9 Å². The van der Waals surface area contributed by atoms with Crippen LogP contribution in [0.2, 0.25) is 0 Å². The molecule has 0 aromatic carbocycles. The molecule has 0 radical (unpaired) electrons. The fraction of sp³-hybridized carbons (Fsp3) is 0.900. The van der Waals surface area contributed by atoms with E-state index in [9.17, 15) is 4.79 Å². The van der Waals surface area contributed by atoms with Gasteiger partial charge in [-0.3, -0.25) is 4.79 Å². The van der Waals surface area contributed by atoms with Crippen molar-refractivity contribution in [2.24, 2.45) is 5.41 Å². The molecule has 0 aliphatic carbocycles. The maximum absolute atomic E-state index is 11.0. The minimum absolute atomic E-state index is 0. The summed E-state index contributed by atoms with van der Waals surface area (Å²) in [6, 6.07) is 0. The zero-order valence-corrected chi connectivity index (χ0v) is 8.39. The second-order valence-corrected chi connectivity index (χ2v) is 3.40. The number of unbranched alkanes of at least 4 members (excludes halogenated alkanes) is 1. The molecule has 0 aromatic rings. The van der Waals surface area contributed by atoms with Crippen LogP contribution in [0.3, 0.4) is 0 Å². The molecule has 0 bridgehead atoms. The topological polar surface area (TPSA) is 37.3 Å². The third-order valence-corrected chi connectivity index (χ3v) is 2.82. The molecule has 0 saturated heterocycles. The number of hydrogen-bond acceptors (Lipinski definition) is 1. The lowest BCUT2D eigenvalue weighted by molar-refractivity contribution is -0.150. The lowest BCUT2D eigenvalue weighted by Crippen LogP contribution is -2.29. The second kappa shape index (κ2) is 7.41. The number of aliphatic carboxylic acids is 1. The van der Waals surface area contributed by atoms with Crippen LogP contribution >= 0.6 is 0 Å². The van der Waals surface area contributed by atoms with Crippen LogP contribution in [0.1, 0.15) is 52.9 Å². The fourth-order valence-corrected chi connectivity index (χ4v) is 1.53. The van der Waals surface area contributed by atoms with Crippen LogP contribution in [0.15, 0.2) is 0 Å². The summed E-state index contributed by atoms with van der Waals surface area (Å²) in [4.78, 5) is 11.0. The van der Waals surface area contributed by atoms with E-state index in [-0.39, 0.29) is 17.4 Å². The van der Waals surface area contributed by atoms with Gasteiger partial charge in [-0.15, -0.1) is 0 Å². The summed E-state index contributed by atoms with van der Waals surface area (Å²) in [6.45, 7) is 6.03. The molecular formula is C10H23AlO2. The Labute approximate surface area is 91.9 Å². The summed E-state index contributed by atoms with van der Waals surface area (Å²) in [6.07, 6.45) is 4.42. The first-order valence-corrected chi connectivity index (χ1v) is 4.86. The van der Waals surface area contributed by atoms with Gasteiger partial charge >= 0.3 is 5.97 Å². The van der Waals surface area contributed by atoms with E-state index in [1.54, 1.807) is 0 Å². The molecular weight excluding hydrogens is 179 g/mol. The van der Waals surface area contributed by atoms with Gasteiger partial charge in [0.25, 0.3) is 0 Å². The molecule has 78 valence electrons. The molecule has 1 N–H and O–H groups in total. The third kappa shape index (κ3) is 4.15. The Morgan fingerprint density at radius 3 is 1.92 bits per heavy atom. The summed E-state index contributed by atoms with van der Waals surface area (Å²) < 4.78 is 0. The molecule has 2 nitrogen and oxygen atoms in total. The van der Waals surface area contributed by atoms with E-state index in [1.807, 2.05) is 13.8 Å². The predicted octanol–water partition coefficient (Wildman–Crippen LogP) is 1.88. The number of carboxylic acids is 1. The maximum Gasteiger partial charge on any atom is 0.309 e. The van der Waals surface area contributed by atoms with Crippen molar-refractivity contribution in [1.29, 1.82) is 0 Å². The Balaban J connectivity index is 0. The van der Waals surface area contributed by atoms with E-state index in [0.29, 0.717) is 0 Å². The van der Waals surface area contributed by atoms with Crippen molar-refractivity contribution in [3.63, 3.8) is 0 Å². The predicted molar refractivity (Wildman–Crippen MR) is 60.1 cm³/mol. The molecule has 0 rings (SSSR count). The Kier molecular flexibility index (Phi) is 8.82. The van der Waals surface area contributed by atoms with Crippen molar-refractivity contribution < 1.29 is 9.90 Å². The van der Waals surface area contributed by atoms with E-state index in [2.05, 4.69) is 6.92 Å². The first kappa shape index (κ1) is 15.5. The van der Waals surface area contributed by atoms with Gasteiger partial charge in [-0.2, -0.15) is 0 Å². The van der Waals surface area contributed by atoms with Crippen molar-refractivity contribution in [2.75, 3.05) is 0 Å². The second-order valence-electron chi connectivity index (χ2n) is 3.40. The van der Waals surface area contributed by atoms with Crippen LogP contribution in [0.25, 0.3) is 0 Å². The minimum Gasteiger partial charge on any atom is -0.481 e. The average Bonchev–Trinajstić information content (AvgIpc) is 2.07. The molecule has 0 amide bonds. The standard InChI is InChI=1S/C10H20O2.Al.3H/c1-4-7-8-10(5-2,6-3)9(11)12;;;;/h4-8H2,1-3H3,(H,11,12);;;;. The van der Waals surface area contributed by atoms with Crippen LogP contribution in [0, 0.1) is 5.41 Å². The van der Waals surface area contributed by atoms with E-state index < -0.39 is 11.4 Å². The largest absolute Gasteiger partial charge is 0.481 e. The Morgan fingerprint density at radius 1 is 1.23 bits per heavy atom. The smallest absolute Gasteiger partial charge is 0.309 e. The minimum atomic E-state index is -0.624. The van der Waals surface area contributed by atoms with Gasteiger partial charge < -0.3 is 5.11 Å². The number of rotatable bonds is 6. The van der Waals surface area contributed by atoms with E-state index in [1.165, 1.54) is 0 Å². The van der Waals surface area contributed by atoms with Crippen molar-refractivity contribution in [3.8, 4) is 0 Å². The van der Waals surface area contributed by atoms with E-state index in [4.69, 9.17) is 5.11 Å². The number of hydrogen-bond donors (Lipinski definition) is 1. The Hall–Kier alpha value is 0.00247. The van der Waals surface area contributed by atoms with Gasteiger partial charge in [-0.25, -0.2) is 0 Å². The van der Waals surface area contributed by atoms with Crippen molar-refractivity contribution in [1.82, 2.24) is 0 Å². The normalized spacial score (nSPS) is 10.7. The summed E-state index contributed by atoms with van der Waals surface area (Å²) in [5, 5.41) is 9.05. The molecule has 3 heteroatoms. The monoisotopic (exact) mass is 202 g/mol. The SMILES string of the molecule is CCCCC(CC)(CC)C(=O)O.[AlH3].